The van der Waals surface area contributed by atoms with Crippen LogP contribution in [0, 0.1) is 0 Å². The summed E-state index contributed by atoms with van der Waals surface area (Å²) in [6.45, 7) is 2.41. The van der Waals surface area contributed by atoms with E-state index in [2.05, 4.69) is 5.32 Å². The zero-order chi connectivity index (χ0) is 12.0. The van der Waals surface area contributed by atoms with E-state index >= 15 is 0 Å². The molecule has 90 valence electrons. The predicted molar refractivity (Wildman–Crippen MR) is 68.0 cm³/mol. The van der Waals surface area contributed by atoms with Crippen molar-refractivity contribution in [1.29, 1.82) is 0 Å². The number of sulfone groups is 1. The lowest BCUT2D eigenvalue weighted by molar-refractivity contribution is 0.595. The van der Waals surface area contributed by atoms with E-state index in [1.165, 1.54) is 0 Å². The van der Waals surface area contributed by atoms with Crippen LogP contribution in [0.3, 0.4) is 0 Å². The van der Waals surface area contributed by atoms with Crippen LogP contribution < -0.4 is 5.32 Å². The van der Waals surface area contributed by atoms with Gasteiger partial charge < -0.3 is 5.32 Å². The number of alkyl halides is 1. The van der Waals surface area contributed by atoms with Gasteiger partial charge in [0, 0.05) is 12.4 Å². The molecule has 0 saturated carbocycles. The van der Waals surface area contributed by atoms with Gasteiger partial charge in [-0.2, -0.15) is 0 Å². The van der Waals surface area contributed by atoms with Crippen LogP contribution in [0.25, 0.3) is 0 Å². The largest absolute Gasteiger partial charge is 0.383 e. The first kappa shape index (κ1) is 13.3. The molecule has 1 aromatic carbocycles. The third-order valence-corrected chi connectivity index (χ3v) is 4.27. The van der Waals surface area contributed by atoms with Gasteiger partial charge in [0.05, 0.1) is 16.3 Å². The summed E-state index contributed by atoms with van der Waals surface area (Å²) >= 11 is 5.57. The molecular formula is C11H16ClNO2S. The highest BCUT2D eigenvalue weighted by Crippen LogP contribution is 2.22. The molecule has 1 aromatic rings. The van der Waals surface area contributed by atoms with Crippen molar-refractivity contribution in [2.24, 2.45) is 0 Å². The average Bonchev–Trinajstić information content (AvgIpc) is 2.26. The number of benzene rings is 1. The molecule has 0 aliphatic carbocycles. The minimum Gasteiger partial charge on any atom is -0.383 e. The Hall–Kier alpha value is -0.740. The molecule has 0 fully saturated rings. The van der Waals surface area contributed by atoms with Crippen molar-refractivity contribution in [1.82, 2.24) is 0 Å². The first-order chi connectivity index (χ1) is 7.61. The van der Waals surface area contributed by atoms with E-state index in [-0.39, 0.29) is 5.75 Å². The van der Waals surface area contributed by atoms with Gasteiger partial charge in [-0.25, -0.2) is 8.42 Å². The quantitative estimate of drug-likeness (QED) is 0.801. The molecule has 0 amide bonds. The highest BCUT2D eigenvalue weighted by atomic mass is 35.5. The summed E-state index contributed by atoms with van der Waals surface area (Å²) in [6, 6.07) is 6.92. The molecule has 0 unspecified atom stereocenters. The molecule has 5 heteroatoms. The minimum absolute atomic E-state index is 0.173. The molecule has 0 saturated heterocycles. The van der Waals surface area contributed by atoms with Crippen molar-refractivity contribution in [2.75, 3.05) is 23.5 Å². The van der Waals surface area contributed by atoms with Gasteiger partial charge in [-0.15, -0.1) is 11.6 Å². The normalized spacial score (nSPS) is 11.4. The molecule has 3 nitrogen and oxygen atoms in total. The molecule has 0 aliphatic rings. The first-order valence-electron chi connectivity index (χ1n) is 5.23. The van der Waals surface area contributed by atoms with Crippen LogP contribution in [0.4, 0.5) is 5.69 Å². The maximum absolute atomic E-state index is 11.9. The van der Waals surface area contributed by atoms with Crippen molar-refractivity contribution < 1.29 is 8.42 Å². The average molecular weight is 262 g/mol. The van der Waals surface area contributed by atoms with Gasteiger partial charge in [0.25, 0.3) is 0 Å². The molecule has 0 bridgehead atoms. The molecule has 0 radical (unpaired) electrons. The van der Waals surface area contributed by atoms with Gasteiger partial charge in [0.15, 0.2) is 9.84 Å². The summed E-state index contributed by atoms with van der Waals surface area (Å²) in [5.74, 6) is 0.620. The Labute approximate surface area is 102 Å². The Balaban J connectivity index is 3.03. The molecule has 16 heavy (non-hydrogen) atoms. The van der Waals surface area contributed by atoms with Crippen LogP contribution in [0.2, 0.25) is 0 Å². The van der Waals surface area contributed by atoms with E-state index in [0.717, 1.165) is 0 Å². The number of hydrogen-bond donors (Lipinski definition) is 1. The van der Waals surface area contributed by atoms with E-state index in [0.29, 0.717) is 29.4 Å². The van der Waals surface area contributed by atoms with E-state index < -0.39 is 9.84 Å². The number of halogens is 1. The zero-order valence-corrected chi connectivity index (χ0v) is 10.8. The standard InChI is InChI=1S/C11H16ClNO2S/c1-2-9-16(14,15)11-6-4-3-5-10(11)13-8-7-12/h3-6,13H,2,7-9H2,1H3. The fraction of sp³-hybridized carbons (Fsp3) is 0.455. The summed E-state index contributed by atoms with van der Waals surface area (Å²) in [7, 11) is -3.18. The van der Waals surface area contributed by atoms with Crippen LogP contribution >= 0.6 is 11.6 Å². The monoisotopic (exact) mass is 261 g/mol. The lowest BCUT2D eigenvalue weighted by atomic mass is 10.3. The Morgan fingerprint density at radius 2 is 2.00 bits per heavy atom. The Morgan fingerprint density at radius 1 is 1.31 bits per heavy atom. The van der Waals surface area contributed by atoms with Gasteiger partial charge in [0.1, 0.15) is 0 Å². The number of hydrogen-bond acceptors (Lipinski definition) is 3. The van der Waals surface area contributed by atoms with Crippen molar-refractivity contribution in [2.45, 2.75) is 18.2 Å². The topological polar surface area (TPSA) is 46.2 Å². The van der Waals surface area contributed by atoms with E-state index in [1.807, 2.05) is 13.0 Å². The number of anilines is 1. The number of nitrogens with one attached hydrogen (secondary N) is 1. The molecule has 1 rings (SSSR count). The molecule has 0 spiro atoms. The third kappa shape index (κ3) is 3.39. The van der Waals surface area contributed by atoms with E-state index in [1.54, 1.807) is 18.2 Å². The fourth-order valence-electron chi connectivity index (χ4n) is 1.44. The van der Waals surface area contributed by atoms with E-state index in [4.69, 9.17) is 11.6 Å². The van der Waals surface area contributed by atoms with E-state index in [9.17, 15) is 8.42 Å². The summed E-state index contributed by atoms with van der Waals surface area (Å²) in [5, 5.41) is 3.02. The molecular weight excluding hydrogens is 246 g/mol. The highest BCUT2D eigenvalue weighted by Gasteiger charge is 2.16. The maximum Gasteiger partial charge on any atom is 0.180 e. The zero-order valence-electron chi connectivity index (χ0n) is 9.24. The van der Waals surface area contributed by atoms with Crippen LogP contribution in [-0.4, -0.2) is 26.6 Å². The second-order valence-electron chi connectivity index (χ2n) is 3.43. The van der Waals surface area contributed by atoms with Crippen molar-refractivity contribution in [3.05, 3.63) is 24.3 Å². The van der Waals surface area contributed by atoms with Crippen molar-refractivity contribution in [3.63, 3.8) is 0 Å². The molecule has 1 N–H and O–H groups in total. The van der Waals surface area contributed by atoms with Gasteiger partial charge in [-0.3, -0.25) is 0 Å². The third-order valence-electron chi connectivity index (χ3n) is 2.10. The van der Waals surface area contributed by atoms with Gasteiger partial charge in [0.2, 0.25) is 0 Å². The van der Waals surface area contributed by atoms with Gasteiger partial charge in [-0.1, -0.05) is 19.1 Å². The molecule has 0 aromatic heterocycles. The van der Waals surface area contributed by atoms with Crippen molar-refractivity contribution in [3.8, 4) is 0 Å². The fourth-order valence-corrected chi connectivity index (χ4v) is 3.06. The Bertz CT molecular complexity index is 431. The summed E-state index contributed by atoms with van der Waals surface area (Å²) in [5.41, 5.74) is 0.636. The van der Waals surface area contributed by atoms with Gasteiger partial charge >= 0.3 is 0 Å². The lowest BCUT2D eigenvalue weighted by Crippen LogP contribution is -2.11. The predicted octanol–water partition coefficient (Wildman–Crippen LogP) is 2.52. The van der Waals surface area contributed by atoms with Crippen LogP contribution in [-0.2, 0) is 9.84 Å². The Kier molecular flexibility index (Phi) is 5.09. The van der Waals surface area contributed by atoms with Crippen LogP contribution in [0.5, 0.6) is 0 Å². The Morgan fingerprint density at radius 3 is 2.62 bits per heavy atom. The molecule has 0 heterocycles. The second kappa shape index (κ2) is 6.11. The summed E-state index contributed by atoms with van der Waals surface area (Å²) < 4.78 is 23.9. The highest BCUT2D eigenvalue weighted by molar-refractivity contribution is 7.91. The first-order valence-corrected chi connectivity index (χ1v) is 7.42. The number of rotatable bonds is 6. The second-order valence-corrected chi connectivity index (χ2v) is 5.89. The summed E-state index contributed by atoms with van der Waals surface area (Å²) in [6.07, 6.45) is 0.617. The molecule has 0 aliphatic heterocycles. The summed E-state index contributed by atoms with van der Waals surface area (Å²) in [4.78, 5) is 0.363. The minimum atomic E-state index is -3.18. The SMILES string of the molecule is CCCS(=O)(=O)c1ccccc1NCCCl. The molecule has 0 atom stereocenters. The van der Waals surface area contributed by atoms with Crippen LogP contribution in [0.15, 0.2) is 29.2 Å². The van der Waals surface area contributed by atoms with Gasteiger partial charge in [-0.05, 0) is 18.6 Å². The maximum atomic E-state index is 11.9. The van der Waals surface area contributed by atoms with Crippen LogP contribution in [0.1, 0.15) is 13.3 Å². The van der Waals surface area contributed by atoms with Crippen molar-refractivity contribution >= 4 is 27.1 Å². The smallest absolute Gasteiger partial charge is 0.180 e. The number of para-hydroxylation sites is 1. The lowest BCUT2D eigenvalue weighted by Gasteiger charge is -2.10.